The lowest BCUT2D eigenvalue weighted by atomic mass is 9.93. The molecule has 0 spiro atoms. The molecule has 2 atom stereocenters. The molecule has 1 N–H and O–H groups in total. The van der Waals surface area contributed by atoms with Crippen LogP contribution in [-0.4, -0.2) is 44.2 Å². The molecule has 1 aliphatic rings. The van der Waals surface area contributed by atoms with Gasteiger partial charge in [-0.05, 0) is 31.2 Å². The minimum Gasteiger partial charge on any atom is -0.391 e. The Morgan fingerprint density at radius 1 is 1.33 bits per heavy atom. The Hall–Kier alpha value is -2.14. The quantitative estimate of drug-likeness (QED) is 0.913. The van der Waals surface area contributed by atoms with Gasteiger partial charge >= 0.3 is 0 Å². The largest absolute Gasteiger partial charge is 0.391 e. The fourth-order valence-electron chi connectivity index (χ4n) is 3.47. The highest BCUT2D eigenvalue weighted by molar-refractivity contribution is 5.78. The molecule has 1 amide bonds. The van der Waals surface area contributed by atoms with E-state index in [0.717, 1.165) is 37.9 Å². The van der Waals surface area contributed by atoms with Crippen LogP contribution in [0, 0.1) is 0 Å². The minimum absolute atomic E-state index is 0.0791. The van der Waals surface area contributed by atoms with Gasteiger partial charge in [-0.1, -0.05) is 30.3 Å². The monoisotopic (exact) mass is 327 g/mol. The van der Waals surface area contributed by atoms with Crippen molar-refractivity contribution >= 4 is 5.91 Å². The van der Waals surface area contributed by atoms with E-state index >= 15 is 0 Å². The van der Waals surface area contributed by atoms with Crippen LogP contribution in [0.2, 0.25) is 0 Å². The lowest BCUT2D eigenvalue weighted by molar-refractivity contribution is -0.138. The van der Waals surface area contributed by atoms with E-state index in [1.54, 1.807) is 12.5 Å². The van der Waals surface area contributed by atoms with Crippen molar-refractivity contribution in [2.24, 2.45) is 7.05 Å². The molecule has 2 unspecified atom stereocenters. The zero-order chi connectivity index (χ0) is 16.9. The molecular formula is C19H25N3O2. The van der Waals surface area contributed by atoms with E-state index in [9.17, 15) is 9.90 Å². The number of aliphatic hydroxyl groups excluding tert-OH is 1. The minimum atomic E-state index is -0.432. The average Bonchev–Trinajstić information content (AvgIpc) is 2.99. The molecule has 3 rings (SSSR count). The second-order valence-corrected chi connectivity index (χ2v) is 6.56. The summed E-state index contributed by atoms with van der Waals surface area (Å²) in [5.41, 5.74) is 2.15. The molecule has 0 bridgehead atoms. The van der Waals surface area contributed by atoms with Crippen LogP contribution in [0.25, 0.3) is 0 Å². The van der Waals surface area contributed by atoms with Crippen molar-refractivity contribution in [3.63, 3.8) is 0 Å². The van der Waals surface area contributed by atoms with Gasteiger partial charge in [0.25, 0.3) is 0 Å². The lowest BCUT2D eigenvalue weighted by Crippen LogP contribution is -2.51. The molecule has 1 aliphatic heterocycles. The van der Waals surface area contributed by atoms with Crippen LogP contribution in [0.1, 0.15) is 30.5 Å². The van der Waals surface area contributed by atoms with Crippen LogP contribution >= 0.6 is 0 Å². The van der Waals surface area contributed by atoms with E-state index in [1.165, 1.54) is 5.56 Å². The first-order chi connectivity index (χ1) is 11.6. The molecule has 2 aromatic rings. The number of likely N-dealkylation sites (tertiary alicyclic amines) is 1. The third-order valence-corrected chi connectivity index (χ3v) is 4.88. The molecule has 24 heavy (non-hydrogen) atoms. The Kier molecular flexibility index (Phi) is 5.30. The highest BCUT2D eigenvalue weighted by Crippen LogP contribution is 2.23. The summed E-state index contributed by atoms with van der Waals surface area (Å²) in [5, 5.41) is 10.4. The SMILES string of the molecule is Cn1cncc1CC(=O)N1CCCC(O)C1CCc1ccccc1. The van der Waals surface area contributed by atoms with Gasteiger partial charge < -0.3 is 14.6 Å². The molecule has 1 aromatic carbocycles. The van der Waals surface area contributed by atoms with Crippen molar-refractivity contribution in [2.75, 3.05) is 6.54 Å². The molecule has 0 aliphatic carbocycles. The number of nitrogens with zero attached hydrogens (tertiary/aromatic N) is 3. The van der Waals surface area contributed by atoms with Gasteiger partial charge in [-0.15, -0.1) is 0 Å². The van der Waals surface area contributed by atoms with Crippen molar-refractivity contribution in [1.82, 2.24) is 14.5 Å². The predicted octanol–water partition coefficient (Wildman–Crippen LogP) is 1.95. The lowest BCUT2D eigenvalue weighted by Gasteiger charge is -2.39. The highest BCUT2D eigenvalue weighted by Gasteiger charge is 2.32. The number of aryl methyl sites for hydroxylation is 2. The van der Waals surface area contributed by atoms with Gasteiger partial charge in [-0.3, -0.25) is 4.79 Å². The molecule has 5 heteroatoms. The summed E-state index contributed by atoms with van der Waals surface area (Å²) in [6, 6.07) is 10.1. The Labute approximate surface area is 142 Å². The third kappa shape index (κ3) is 3.85. The summed E-state index contributed by atoms with van der Waals surface area (Å²) in [4.78, 5) is 18.7. The summed E-state index contributed by atoms with van der Waals surface area (Å²) in [6.07, 6.45) is 6.65. The number of benzene rings is 1. The molecule has 0 radical (unpaired) electrons. The van der Waals surface area contributed by atoms with Crippen LogP contribution in [0.4, 0.5) is 0 Å². The number of carbonyl (C=O) groups is 1. The number of piperidine rings is 1. The van der Waals surface area contributed by atoms with E-state index in [0.29, 0.717) is 6.42 Å². The van der Waals surface area contributed by atoms with E-state index < -0.39 is 6.10 Å². The van der Waals surface area contributed by atoms with Crippen LogP contribution in [-0.2, 0) is 24.7 Å². The normalized spacial score (nSPS) is 21.0. The summed E-state index contributed by atoms with van der Waals surface area (Å²) in [6.45, 7) is 0.729. The molecule has 0 saturated carbocycles. The van der Waals surface area contributed by atoms with Crippen LogP contribution in [0.15, 0.2) is 42.9 Å². The standard InChI is InChI=1S/C19H25N3O2/c1-21-14-20-13-16(21)12-19(24)22-11-5-8-18(23)17(22)10-9-15-6-3-2-4-7-15/h2-4,6-7,13-14,17-18,23H,5,8-12H2,1H3. The number of imidazole rings is 1. The van der Waals surface area contributed by atoms with Gasteiger partial charge in [-0.25, -0.2) is 4.98 Å². The number of aliphatic hydroxyl groups is 1. The maximum Gasteiger partial charge on any atom is 0.228 e. The number of hydrogen-bond donors (Lipinski definition) is 1. The first-order valence-corrected chi connectivity index (χ1v) is 8.62. The van der Waals surface area contributed by atoms with Gasteiger partial charge in [-0.2, -0.15) is 0 Å². The molecular weight excluding hydrogens is 302 g/mol. The maximum absolute atomic E-state index is 12.8. The van der Waals surface area contributed by atoms with Crippen molar-refractivity contribution in [1.29, 1.82) is 0 Å². The summed E-state index contributed by atoms with van der Waals surface area (Å²) < 4.78 is 1.87. The molecule has 1 aromatic heterocycles. The Bertz CT molecular complexity index is 668. The van der Waals surface area contributed by atoms with Crippen molar-refractivity contribution in [2.45, 2.75) is 44.2 Å². The van der Waals surface area contributed by atoms with Gasteiger partial charge in [0.1, 0.15) is 0 Å². The summed E-state index contributed by atoms with van der Waals surface area (Å²) in [5.74, 6) is 0.0791. The number of hydrogen-bond acceptors (Lipinski definition) is 3. The van der Waals surface area contributed by atoms with E-state index in [2.05, 4.69) is 17.1 Å². The zero-order valence-electron chi connectivity index (χ0n) is 14.1. The topological polar surface area (TPSA) is 58.4 Å². The molecule has 5 nitrogen and oxygen atoms in total. The van der Waals surface area contributed by atoms with Crippen molar-refractivity contribution < 1.29 is 9.90 Å². The first-order valence-electron chi connectivity index (χ1n) is 8.62. The molecule has 1 fully saturated rings. The Morgan fingerprint density at radius 2 is 2.12 bits per heavy atom. The third-order valence-electron chi connectivity index (χ3n) is 4.88. The van der Waals surface area contributed by atoms with Crippen molar-refractivity contribution in [3.8, 4) is 0 Å². The summed E-state index contributed by atoms with van der Waals surface area (Å²) >= 11 is 0. The highest BCUT2D eigenvalue weighted by atomic mass is 16.3. The van der Waals surface area contributed by atoms with Crippen molar-refractivity contribution in [3.05, 3.63) is 54.1 Å². The number of amides is 1. The molecule has 2 heterocycles. The van der Waals surface area contributed by atoms with Crippen LogP contribution in [0.3, 0.4) is 0 Å². The number of carbonyl (C=O) groups excluding carboxylic acids is 1. The van der Waals surface area contributed by atoms with E-state index in [1.807, 2.05) is 34.7 Å². The smallest absolute Gasteiger partial charge is 0.228 e. The van der Waals surface area contributed by atoms with Gasteiger partial charge in [0.15, 0.2) is 0 Å². The fourth-order valence-corrected chi connectivity index (χ4v) is 3.47. The predicted molar refractivity (Wildman–Crippen MR) is 92.4 cm³/mol. The first kappa shape index (κ1) is 16.7. The van der Waals surface area contributed by atoms with Gasteiger partial charge in [0, 0.05) is 25.5 Å². The van der Waals surface area contributed by atoms with Crippen LogP contribution < -0.4 is 0 Å². The van der Waals surface area contributed by atoms with Gasteiger partial charge in [0.05, 0.1) is 24.9 Å². The number of rotatable bonds is 5. The molecule has 1 saturated heterocycles. The fraction of sp³-hybridized carbons (Fsp3) is 0.474. The van der Waals surface area contributed by atoms with Gasteiger partial charge in [0.2, 0.25) is 5.91 Å². The van der Waals surface area contributed by atoms with E-state index in [-0.39, 0.29) is 11.9 Å². The maximum atomic E-state index is 12.8. The summed E-state index contributed by atoms with van der Waals surface area (Å²) in [7, 11) is 1.90. The zero-order valence-corrected chi connectivity index (χ0v) is 14.1. The Balaban J connectivity index is 1.67. The second-order valence-electron chi connectivity index (χ2n) is 6.56. The second kappa shape index (κ2) is 7.62. The Morgan fingerprint density at radius 3 is 2.83 bits per heavy atom. The number of aromatic nitrogens is 2. The van der Waals surface area contributed by atoms with Crippen LogP contribution in [0.5, 0.6) is 0 Å². The average molecular weight is 327 g/mol. The molecule has 128 valence electrons. The van der Waals surface area contributed by atoms with E-state index in [4.69, 9.17) is 0 Å².